The first-order valence-electron chi connectivity index (χ1n) is 7.26. The molecule has 1 aromatic rings. The van der Waals surface area contributed by atoms with E-state index in [9.17, 15) is 14.4 Å². The summed E-state index contributed by atoms with van der Waals surface area (Å²) in [5.41, 5.74) is 0.654. The molecule has 0 saturated carbocycles. The van der Waals surface area contributed by atoms with Gasteiger partial charge in [0.05, 0.1) is 5.92 Å². The molecule has 1 atom stereocenters. The molecule has 0 aromatic heterocycles. The predicted octanol–water partition coefficient (Wildman–Crippen LogP) is 1.89. The van der Waals surface area contributed by atoms with Crippen molar-refractivity contribution >= 4 is 39.5 Å². The Morgan fingerprint density at radius 3 is 2.57 bits per heavy atom. The molecule has 7 nitrogen and oxygen atoms in total. The van der Waals surface area contributed by atoms with Gasteiger partial charge in [-0.2, -0.15) is 0 Å². The van der Waals surface area contributed by atoms with Crippen molar-refractivity contribution in [2.24, 2.45) is 5.92 Å². The average Bonchev–Trinajstić information content (AvgIpc) is 3.00. The van der Waals surface area contributed by atoms with Crippen LogP contribution in [0.15, 0.2) is 28.7 Å². The van der Waals surface area contributed by atoms with Gasteiger partial charge in [0.15, 0.2) is 0 Å². The van der Waals surface area contributed by atoms with E-state index in [1.54, 1.807) is 12.1 Å². The van der Waals surface area contributed by atoms with E-state index in [1.165, 1.54) is 4.90 Å². The lowest BCUT2D eigenvalue weighted by Crippen LogP contribution is -2.35. The number of nitrogens with one attached hydrogen (secondary N) is 2. The first kappa shape index (κ1) is 17.3. The zero-order valence-corrected chi connectivity index (χ0v) is 14.0. The lowest BCUT2D eigenvalue weighted by atomic mass is 10.1. The minimum atomic E-state index is -0.868. The lowest BCUT2D eigenvalue weighted by molar-refractivity contribution is -0.141. The summed E-state index contributed by atoms with van der Waals surface area (Å²) in [6.45, 7) is 0.912. The number of rotatable bonds is 5. The Bertz CT molecular complexity index is 591. The summed E-state index contributed by atoms with van der Waals surface area (Å²) in [5.74, 6) is -1.49. The van der Waals surface area contributed by atoms with Gasteiger partial charge < -0.3 is 20.6 Å². The smallest absolute Gasteiger partial charge is 0.319 e. The molecule has 2 rings (SSSR count). The molecule has 0 bridgehead atoms. The summed E-state index contributed by atoms with van der Waals surface area (Å²) in [6.07, 6.45) is 0.638. The van der Waals surface area contributed by atoms with E-state index in [2.05, 4.69) is 26.6 Å². The third kappa shape index (κ3) is 5.24. The van der Waals surface area contributed by atoms with Crippen molar-refractivity contribution in [3.05, 3.63) is 28.7 Å². The van der Waals surface area contributed by atoms with Crippen LogP contribution in [0.1, 0.15) is 12.8 Å². The maximum Gasteiger partial charge on any atom is 0.319 e. The summed E-state index contributed by atoms with van der Waals surface area (Å²) >= 11 is 3.31. The summed E-state index contributed by atoms with van der Waals surface area (Å²) in [5, 5.41) is 14.2. The SMILES string of the molecule is O=C(NCCC(=O)N1CCC(C(=O)O)C1)Nc1ccc(Br)cc1. The van der Waals surface area contributed by atoms with E-state index in [0.29, 0.717) is 18.7 Å². The fourth-order valence-electron chi connectivity index (χ4n) is 2.34. The van der Waals surface area contributed by atoms with Crippen LogP contribution >= 0.6 is 15.9 Å². The fourth-order valence-corrected chi connectivity index (χ4v) is 2.60. The number of carboxylic acids is 1. The van der Waals surface area contributed by atoms with Gasteiger partial charge in [-0.05, 0) is 30.7 Å². The largest absolute Gasteiger partial charge is 0.481 e. The molecule has 23 heavy (non-hydrogen) atoms. The molecule has 1 aliphatic rings. The number of carboxylic acid groups (broad SMARTS) is 1. The Kier molecular flexibility index (Phi) is 5.97. The van der Waals surface area contributed by atoms with Crippen molar-refractivity contribution in [2.75, 3.05) is 25.0 Å². The first-order valence-corrected chi connectivity index (χ1v) is 8.06. The maximum absolute atomic E-state index is 11.9. The number of benzene rings is 1. The number of likely N-dealkylation sites (tertiary alicyclic amines) is 1. The quantitative estimate of drug-likeness (QED) is 0.722. The van der Waals surface area contributed by atoms with E-state index < -0.39 is 11.9 Å². The molecule has 1 saturated heterocycles. The average molecular weight is 384 g/mol. The molecule has 0 aliphatic carbocycles. The minimum Gasteiger partial charge on any atom is -0.481 e. The highest BCUT2D eigenvalue weighted by Crippen LogP contribution is 2.17. The highest BCUT2D eigenvalue weighted by Gasteiger charge is 2.30. The Hall–Kier alpha value is -2.09. The standard InChI is InChI=1S/C15H18BrN3O4/c16-11-1-3-12(4-2-11)18-15(23)17-7-5-13(20)19-8-6-10(9-19)14(21)22/h1-4,10H,5-9H2,(H,21,22)(H2,17,18,23). The number of halogens is 1. The summed E-state index contributed by atoms with van der Waals surface area (Å²) in [6, 6.07) is 6.75. The van der Waals surface area contributed by atoms with Crippen LogP contribution < -0.4 is 10.6 Å². The van der Waals surface area contributed by atoms with Crippen LogP contribution in [0, 0.1) is 5.92 Å². The van der Waals surface area contributed by atoms with Crippen molar-refractivity contribution in [2.45, 2.75) is 12.8 Å². The number of carbonyl (C=O) groups excluding carboxylic acids is 2. The van der Waals surface area contributed by atoms with Crippen LogP contribution in [0.2, 0.25) is 0 Å². The molecule has 1 aliphatic heterocycles. The second kappa shape index (κ2) is 7.96. The topological polar surface area (TPSA) is 98.7 Å². The Balaban J connectivity index is 1.68. The van der Waals surface area contributed by atoms with E-state index in [-0.39, 0.29) is 31.4 Å². The van der Waals surface area contributed by atoms with Crippen LogP contribution in [0.5, 0.6) is 0 Å². The van der Waals surface area contributed by atoms with Crippen LogP contribution in [-0.2, 0) is 9.59 Å². The number of hydrogen-bond donors (Lipinski definition) is 3. The van der Waals surface area contributed by atoms with Crippen molar-refractivity contribution in [3.8, 4) is 0 Å². The van der Waals surface area contributed by atoms with Gasteiger partial charge in [0.2, 0.25) is 5.91 Å². The van der Waals surface area contributed by atoms with Crippen molar-refractivity contribution in [3.63, 3.8) is 0 Å². The highest BCUT2D eigenvalue weighted by atomic mass is 79.9. The normalized spacial score (nSPS) is 16.9. The van der Waals surface area contributed by atoms with Gasteiger partial charge in [-0.3, -0.25) is 9.59 Å². The molecule has 3 N–H and O–H groups in total. The molecule has 124 valence electrons. The predicted molar refractivity (Wildman–Crippen MR) is 88.1 cm³/mol. The highest BCUT2D eigenvalue weighted by molar-refractivity contribution is 9.10. The van der Waals surface area contributed by atoms with Crippen molar-refractivity contribution in [1.29, 1.82) is 0 Å². The monoisotopic (exact) mass is 383 g/mol. The van der Waals surface area contributed by atoms with Gasteiger partial charge in [-0.25, -0.2) is 4.79 Å². The van der Waals surface area contributed by atoms with Gasteiger partial charge in [-0.15, -0.1) is 0 Å². The second-order valence-corrected chi connectivity index (χ2v) is 6.22. The molecular weight excluding hydrogens is 366 g/mol. The van der Waals surface area contributed by atoms with Crippen LogP contribution in [0.3, 0.4) is 0 Å². The second-order valence-electron chi connectivity index (χ2n) is 5.30. The van der Waals surface area contributed by atoms with Crippen molar-refractivity contribution in [1.82, 2.24) is 10.2 Å². The molecule has 3 amide bonds. The van der Waals surface area contributed by atoms with Gasteiger partial charge in [0.1, 0.15) is 0 Å². The third-order valence-electron chi connectivity index (χ3n) is 3.62. The zero-order chi connectivity index (χ0) is 16.8. The lowest BCUT2D eigenvalue weighted by Gasteiger charge is -2.16. The number of anilines is 1. The van der Waals surface area contributed by atoms with E-state index in [4.69, 9.17) is 5.11 Å². The number of nitrogens with zero attached hydrogens (tertiary/aromatic N) is 1. The molecule has 8 heteroatoms. The summed E-state index contributed by atoms with van der Waals surface area (Å²) < 4.78 is 0.916. The first-order chi connectivity index (χ1) is 11.0. The van der Waals surface area contributed by atoms with Crippen LogP contribution in [0.4, 0.5) is 10.5 Å². The molecule has 1 aromatic carbocycles. The molecule has 1 heterocycles. The van der Waals surface area contributed by atoms with Gasteiger partial charge in [0.25, 0.3) is 0 Å². The third-order valence-corrected chi connectivity index (χ3v) is 4.15. The number of hydrogen-bond acceptors (Lipinski definition) is 3. The fraction of sp³-hybridized carbons (Fsp3) is 0.400. The van der Waals surface area contributed by atoms with Gasteiger partial charge in [0, 0.05) is 36.2 Å². The maximum atomic E-state index is 11.9. The molecular formula is C15H18BrN3O4. The van der Waals surface area contributed by atoms with E-state index >= 15 is 0 Å². The Morgan fingerprint density at radius 1 is 1.26 bits per heavy atom. The number of carbonyl (C=O) groups is 3. The molecule has 1 unspecified atom stereocenters. The van der Waals surface area contributed by atoms with E-state index in [0.717, 1.165) is 4.47 Å². The van der Waals surface area contributed by atoms with Crippen LogP contribution in [0.25, 0.3) is 0 Å². The van der Waals surface area contributed by atoms with Crippen LogP contribution in [-0.4, -0.2) is 47.5 Å². The molecule has 0 spiro atoms. The Morgan fingerprint density at radius 2 is 1.96 bits per heavy atom. The van der Waals surface area contributed by atoms with Crippen molar-refractivity contribution < 1.29 is 19.5 Å². The van der Waals surface area contributed by atoms with Gasteiger partial charge >= 0.3 is 12.0 Å². The van der Waals surface area contributed by atoms with E-state index in [1.807, 2.05) is 12.1 Å². The minimum absolute atomic E-state index is 0.141. The Labute approximate surface area is 142 Å². The number of aliphatic carboxylic acids is 1. The zero-order valence-electron chi connectivity index (χ0n) is 12.4. The molecule has 1 fully saturated rings. The van der Waals surface area contributed by atoms with Gasteiger partial charge in [-0.1, -0.05) is 15.9 Å². The number of amides is 3. The summed E-state index contributed by atoms with van der Waals surface area (Å²) in [7, 11) is 0. The number of urea groups is 1. The molecule has 0 radical (unpaired) electrons. The summed E-state index contributed by atoms with van der Waals surface area (Å²) in [4.78, 5) is 36.0.